The van der Waals surface area contributed by atoms with Crippen LogP contribution in [0.4, 0.5) is 0 Å². The van der Waals surface area contributed by atoms with Crippen molar-refractivity contribution in [2.75, 3.05) is 0 Å². The van der Waals surface area contributed by atoms with Crippen LogP contribution in [-0.2, 0) is 14.4 Å². The molecule has 1 saturated carbocycles. The van der Waals surface area contributed by atoms with Crippen LogP contribution in [0.5, 0.6) is 0 Å². The van der Waals surface area contributed by atoms with Gasteiger partial charge < -0.3 is 0 Å². The van der Waals surface area contributed by atoms with E-state index < -0.39 is 17.5 Å². The van der Waals surface area contributed by atoms with Crippen molar-refractivity contribution in [3.05, 3.63) is 23.8 Å². The zero-order chi connectivity index (χ0) is 8.72. The Morgan fingerprint density at radius 2 is 2.00 bits per heavy atom. The number of hydrogen-bond donors (Lipinski definition) is 0. The Kier molecular flexibility index (Phi) is 1.33. The lowest BCUT2D eigenvalue weighted by Crippen LogP contribution is -2.14. The van der Waals surface area contributed by atoms with E-state index in [4.69, 9.17) is 0 Å². The number of Topliss-reactive ketones (excluding diaryl/α,β-unsaturated/α-hetero) is 2. The third-order valence-corrected chi connectivity index (χ3v) is 2.16. The zero-order valence-corrected chi connectivity index (χ0v) is 6.24. The molecule has 2 rings (SSSR count). The molecule has 0 aromatic rings. The van der Waals surface area contributed by atoms with E-state index >= 15 is 0 Å². The maximum atomic E-state index is 11.1. The van der Waals surface area contributed by atoms with Crippen LogP contribution in [-0.4, -0.2) is 17.3 Å². The zero-order valence-electron chi connectivity index (χ0n) is 6.24. The van der Waals surface area contributed by atoms with Gasteiger partial charge in [-0.15, -0.1) is 0 Å². The molecule has 0 aromatic heterocycles. The van der Waals surface area contributed by atoms with Crippen molar-refractivity contribution < 1.29 is 14.4 Å². The fourth-order valence-electron chi connectivity index (χ4n) is 1.52. The van der Waals surface area contributed by atoms with Gasteiger partial charge >= 0.3 is 0 Å². The molecule has 0 spiro atoms. The summed E-state index contributed by atoms with van der Waals surface area (Å²) in [7, 11) is 0. The first-order valence-corrected chi connectivity index (χ1v) is 3.70. The van der Waals surface area contributed by atoms with Gasteiger partial charge in [0.25, 0.3) is 0 Å². The van der Waals surface area contributed by atoms with Gasteiger partial charge in [0.15, 0.2) is 5.78 Å². The molecule has 0 N–H and O–H groups in total. The van der Waals surface area contributed by atoms with Crippen LogP contribution < -0.4 is 0 Å². The molecular formula is C9H6O3. The van der Waals surface area contributed by atoms with E-state index in [1.54, 1.807) is 6.08 Å². The van der Waals surface area contributed by atoms with Gasteiger partial charge in [0.05, 0.1) is 5.92 Å². The molecule has 12 heavy (non-hydrogen) atoms. The van der Waals surface area contributed by atoms with Crippen molar-refractivity contribution in [3.63, 3.8) is 0 Å². The van der Waals surface area contributed by atoms with Crippen LogP contribution in [0.25, 0.3) is 0 Å². The second kappa shape index (κ2) is 2.24. The highest BCUT2D eigenvalue weighted by Gasteiger charge is 2.39. The molecule has 3 nitrogen and oxygen atoms in total. The van der Waals surface area contributed by atoms with Crippen LogP contribution in [0.1, 0.15) is 6.42 Å². The Balaban J connectivity index is 2.47. The number of ketones is 3. The van der Waals surface area contributed by atoms with Gasteiger partial charge in [-0.05, 0) is 6.08 Å². The predicted octanol–water partition coefficient (Wildman–Crippen LogP) is 0.210. The number of fused-ring (bicyclic) bond motifs is 1. The van der Waals surface area contributed by atoms with Gasteiger partial charge in [-0.1, -0.05) is 12.2 Å². The Labute approximate surface area is 68.8 Å². The average Bonchev–Trinajstić information content (AvgIpc) is 2.32. The number of allylic oxidation sites excluding steroid dienone is 4. The second-order valence-electron chi connectivity index (χ2n) is 2.89. The van der Waals surface area contributed by atoms with Gasteiger partial charge in [0.1, 0.15) is 0 Å². The van der Waals surface area contributed by atoms with Crippen LogP contribution >= 0.6 is 0 Å². The summed E-state index contributed by atoms with van der Waals surface area (Å²) in [5.74, 6) is -1.54. The molecule has 2 aliphatic carbocycles. The van der Waals surface area contributed by atoms with Gasteiger partial charge in [-0.25, -0.2) is 0 Å². The monoisotopic (exact) mass is 162 g/mol. The molecule has 3 heteroatoms. The standard InChI is InChI=1S/C9H6O3/c10-7-3-1-2-5-6(7)4-8(11)9(5)12/h1-3,6H,4H2. The Hall–Kier alpha value is -1.51. The van der Waals surface area contributed by atoms with Crippen molar-refractivity contribution in [2.45, 2.75) is 6.42 Å². The highest BCUT2D eigenvalue weighted by atomic mass is 16.2. The molecule has 0 saturated heterocycles. The summed E-state index contributed by atoms with van der Waals surface area (Å²) in [6.45, 7) is 0. The lowest BCUT2D eigenvalue weighted by atomic mass is 9.93. The summed E-state index contributed by atoms with van der Waals surface area (Å²) in [6.07, 6.45) is 4.54. The third kappa shape index (κ3) is 0.794. The van der Waals surface area contributed by atoms with E-state index in [0.29, 0.717) is 5.57 Å². The first-order valence-electron chi connectivity index (χ1n) is 3.70. The maximum Gasteiger partial charge on any atom is 0.225 e. The smallest absolute Gasteiger partial charge is 0.225 e. The van der Waals surface area contributed by atoms with E-state index in [0.717, 1.165) is 0 Å². The van der Waals surface area contributed by atoms with E-state index in [1.807, 2.05) is 0 Å². The van der Waals surface area contributed by atoms with Crippen molar-refractivity contribution >= 4 is 17.3 Å². The third-order valence-electron chi connectivity index (χ3n) is 2.16. The number of hydrogen-bond acceptors (Lipinski definition) is 3. The fraction of sp³-hybridized carbons (Fsp3) is 0.222. The number of carbonyl (C=O) groups excluding carboxylic acids is 3. The Morgan fingerprint density at radius 1 is 1.25 bits per heavy atom. The largest absolute Gasteiger partial charge is 0.294 e. The first-order chi connectivity index (χ1) is 5.70. The highest BCUT2D eigenvalue weighted by Crippen LogP contribution is 2.29. The minimum atomic E-state index is -0.488. The van der Waals surface area contributed by atoms with Crippen LogP contribution in [0, 0.1) is 5.92 Å². The lowest BCUT2D eigenvalue weighted by molar-refractivity contribution is -0.132. The lowest BCUT2D eigenvalue weighted by Gasteiger charge is -2.07. The molecule has 1 atom stereocenters. The van der Waals surface area contributed by atoms with Gasteiger partial charge in [0, 0.05) is 12.0 Å². The van der Waals surface area contributed by atoms with E-state index in [2.05, 4.69) is 0 Å². The minimum absolute atomic E-state index is 0.0633. The molecule has 60 valence electrons. The average molecular weight is 162 g/mol. The van der Waals surface area contributed by atoms with Crippen molar-refractivity contribution in [1.29, 1.82) is 0 Å². The summed E-state index contributed by atoms with van der Waals surface area (Å²) in [4.78, 5) is 33.1. The molecule has 0 heterocycles. The molecule has 1 fully saturated rings. The number of rotatable bonds is 0. The van der Waals surface area contributed by atoms with Gasteiger partial charge in [-0.2, -0.15) is 0 Å². The van der Waals surface area contributed by atoms with Crippen LogP contribution in [0.15, 0.2) is 23.8 Å². The van der Waals surface area contributed by atoms with E-state index in [9.17, 15) is 14.4 Å². The number of carbonyl (C=O) groups is 3. The maximum absolute atomic E-state index is 11.1. The van der Waals surface area contributed by atoms with E-state index in [1.165, 1.54) is 12.2 Å². The summed E-state index contributed by atoms with van der Waals surface area (Å²) in [5, 5.41) is 0. The quantitative estimate of drug-likeness (QED) is 0.478. The predicted molar refractivity (Wildman–Crippen MR) is 40.4 cm³/mol. The van der Waals surface area contributed by atoms with Crippen molar-refractivity contribution in [2.24, 2.45) is 5.92 Å². The highest BCUT2D eigenvalue weighted by molar-refractivity contribution is 6.48. The molecule has 0 amide bonds. The van der Waals surface area contributed by atoms with Crippen molar-refractivity contribution in [1.82, 2.24) is 0 Å². The van der Waals surface area contributed by atoms with Gasteiger partial charge in [0.2, 0.25) is 11.6 Å². The first kappa shape index (κ1) is 7.16. The molecular weight excluding hydrogens is 156 g/mol. The summed E-state index contributed by atoms with van der Waals surface area (Å²) >= 11 is 0. The summed E-state index contributed by atoms with van der Waals surface area (Å²) < 4.78 is 0. The van der Waals surface area contributed by atoms with Crippen LogP contribution in [0.3, 0.4) is 0 Å². The molecule has 0 aromatic carbocycles. The molecule has 0 bridgehead atoms. The van der Waals surface area contributed by atoms with E-state index in [-0.39, 0.29) is 12.2 Å². The topological polar surface area (TPSA) is 51.2 Å². The van der Waals surface area contributed by atoms with Gasteiger partial charge in [-0.3, -0.25) is 14.4 Å². The second-order valence-corrected chi connectivity index (χ2v) is 2.89. The van der Waals surface area contributed by atoms with Crippen LogP contribution in [0.2, 0.25) is 0 Å². The normalized spacial score (nSPS) is 27.5. The molecule has 2 aliphatic rings. The summed E-state index contributed by atoms with van der Waals surface area (Å²) in [6, 6.07) is 0. The van der Waals surface area contributed by atoms with Crippen molar-refractivity contribution in [3.8, 4) is 0 Å². The molecule has 1 unspecified atom stereocenters. The molecule has 0 aliphatic heterocycles. The summed E-state index contributed by atoms with van der Waals surface area (Å²) in [5.41, 5.74) is 0.368. The SMILES string of the molecule is O=C1CC2C(=O)C=CC=C2C1=O. The Morgan fingerprint density at radius 3 is 2.67 bits per heavy atom. The molecule has 0 radical (unpaired) electrons. The Bertz CT molecular complexity index is 347. The fourth-order valence-corrected chi connectivity index (χ4v) is 1.52. The minimum Gasteiger partial charge on any atom is -0.294 e.